The molecule has 0 aliphatic carbocycles. The Hall–Kier alpha value is -1.07. The molecule has 1 aliphatic heterocycles. The summed E-state index contributed by atoms with van der Waals surface area (Å²) in [4.78, 5) is 11.9. The van der Waals surface area contributed by atoms with Gasteiger partial charge in [0.05, 0.1) is 27.2 Å². The third kappa shape index (κ3) is 6.44. The minimum absolute atomic E-state index is 0. The van der Waals surface area contributed by atoms with Gasteiger partial charge < -0.3 is 31.3 Å². The molecular formula is C19H30BrNO3. The molecule has 0 aromatic heterocycles. The van der Waals surface area contributed by atoms with Crippen molar-refractivity contribution in [3.05, 3.63) is 29.3 Å². The van der Waals surface area contributed by atoms with Crippen LogP contribution in [0.4, 0.5) is 0 Å². The summed E-state index contributed by atoms with van der Waals surface area (Å²) in [6.07, 6.45) is 5.01. The first kappa shape index (κ1) is 21.0. The maximum absolute atomic E-state index is 11.9. The number of ether oxygens (including phenoxy) is 1. The summed E-state index contributed by atoms with van der Waals surface area (Å²) in [5.74, 6) is 0.314. The van der Waals surface area contributed by atoms with Crippen molar-refractivity contribution in [2.45, 2.75) is 51.6 Å². The third-order valence-corrected chi connectivity index (χ3v) is 4.81. The number of nitrogens with zero attached hydrogens (tertiary/aromatic N) is 1. The van der Waals surface area contributed by atoms with Gasteiger partial charge in [0.25, 0.3) is 0 Å². The van der Waals surface area contributed by atoms with Gasteiger partial charge in [0.15, 0.2) is 0 Å². The van der Waals surface area contributed by atoms with Crippen LogP contribution in [0, 0.1) is 6.92 Å². The van der Waals surface area contributed by atoms with E-state index in [1.54, 1.807) is 0 Å². The minimum atomic E-state index is -0.0735. The summed E-state index contributed by atoms with van der Waals surface area (Å²) >= 11 is 0. The molecular weight excluding hydrogens is 370 g/mol. The summed E-state index contributed by atoms with van der Waals surface area (Å²) in [5, 5.41) is 9.97. The lowest BCUT2D eigenvalue weighted by Gasteiger charge is -2.36. The molecule has 1 saturated heterocycles. The molecule has 0 spiro atoms. The van der Waals surface area contributed by atoms with Crippen LogP contribution in [-0.4, -0.2) is 48.8 Å². The third-order valence-electron chi connectivity index (χ3n) is 4.81. The van der Waals surface area contributed by atoms with Crippen LogP contribution in [0.3, 0.4) is 0 Å². The van der Waals surface area contributed by atoms with E-state index in [2.05, 4.69) is 14.1 Å². The number of para-hydroxylation sites is 1. The maximum atomic E-state index is 11.9. The average Bonchev–Trinajstić information content (AvgIpc) is 2.50. The number of rotatable bonds is 6. The van der Waals surface area contributed by atoms with Crippen molar-refractivity contribution in [1.29, 1.82) is 0 Å². The SMILES string of the molecule is Cc1cccc(CCCCC(=O)OC2CC[N+](C)(C)CC2)c1O.[Br-]. The molecule has 1 aromatic rings. The van der Waals surface area contributed by atoms with Gasteiger partial charge in [-0.25, -0.2) is 0 Å². The van der Waals surface area contributed by atoms with Crippen LogP contribution in [0.25, 0.3) is 0 Å². The highest BCUT2D eigenvalue weighted by Crippen LogP contribution is 2.23. The first-order valence-electron chi connectivity index (χ1n) is 8.66. The Morgan fingerprint density at radius 1 is 1.25 bits per heavy atom. The van der Waals surface area contributed by atoms with Gasteiger partial charge in [-0.3, -0.25) is 4.79 Å². The van der Waals surface area contributed by atoms with Gasteiger partial charge in [-0.1, -0.05) is 18.2 Å². The summed E-state index contributed by atoms with van der Waals surface area (Å²) < 4.78 is 6.60. The topological polar surface area (TPSA) is 46.5 Å². The standard InChI is InChI=1S/C19H29NO3.BrH/c1-15-7-6-9-16(19(15)22)8-4-5-10-18(21)23-17-11-13-20(2,3)14-12-17;/h6-7,9,17H,4-5,8,10-14H2,1-3H3;1H. The van der Waals surface area contributed by atoms with Crippen LogP contribution < -0.4 is 17.0 Å². The molecule has 0 bridgehead atoms. The molecule has 1 fully saturated rings. The van der Waals surface area contributed by atoms with Crippen molar-refractivity contribution in [2.24, 2.45) is 0 Å². The number of likely N-dealkylation sites (tertiary alicyclic amines) is 1. The van der Waals surface area contributed by atoms with Gasteiger partial charge in [0.2, 0.25) is 0 Å². The molecule has 136 valence electrons. The Kier molecular flexibility index (Phi) is 8.23. The van der Waals surface area contributed by atoms with Gasteiger partial charge in [-0.05, 0) is 37.3 Å². The number of hydrogen-bond acceptors (Lipinski definition) is 3. The van der Waals surface area contributed by atoms with Crippen LogP contribution in [0.5, 0.6) is 5.75 Å². The van der Waals surface area contributed by atoms with Gasteiger partial charge in [0.1, 0.15) is 11.9 Å². The van der Waals surface area contributed by atoms with Crippen LogP contribution in [0.2, 0.25) is 0 Å². The van der Waals surface area contributed by atoms with Gasteiger partial charge in [0, 0.05) is 19.3 Å². The Balaban J connectivity index is 0.00000288. The summed E-state index contributed by atoms with van der Waals surface area (Å²) in [6, 6.07) is 5.81. The molecule has 0 saturated carbocycles. The molecule has 0 amide bonds. The fourth-order valence-corrected chi connectivity index (χ4v) is 3.11. The van der Waals surface area contributed by atoms with Crippen molar-refractivity contribution >= 4 is 5.97 Å². The number of piperidine rings is 1. The Morgan fingerprint density at radius 3 is 2.58 bits per heavy atom. The van der Waals surface area contributed by atoms with Crippen LogP contribution in [-0.2, 0) is 16.0 Å². The van der Waals surface area contributed by atoms with Gasteiger partial charge >= 0.3 is 5.97 Å². The van der Waals surface area contributed by atoms with Crippen molar-refractivity contribution in [3.8, 4) is 5.75 Å². The second-order valence-corrected chi connectivity index (χ2v) is 7.36. The Labute approximate surface area is 156 Å². The number of unbranched alkanes of at least 4 members (excludes halogenated alkanes) is 1. The second kappa shape index (κ2) is 9.42. The maximum Gasteiger partial charge on any atom is 0.306 e. The minimum Gasteiger partial charge on any atom is -1.00 e. The lowest BCUT2D eigenvalue weighted by atomic mass is 10.0. The molecule has 2 rings (SSSR count). The molecule has 1 heterocycles. The summed E-state index contributed by atoms with van der Waals surface area (Å²) in [7, 11) is 4.44. The molecule has 1 N–H and O–H groups in total. The number of aromatic hydroxyl groups is 1. The van der Waals surface area contributed by atoms with Gasteiger partial charge in [-0.2, -0.15) is 0 Å². The molecule has 4 nitrogen and oxygen atoms in total. The number of phenolic OH excluding ortho intramolecular Hbond substituents is 1. The van der Waals surface area contributed by atoms with Crippen molar-refractivity contribution in [3.63, 3.8) is 0 Å². The zero-order chi connectivity index (χ0) is 16.9. The summed E-state index contributed by atoms with van der Waals surface area (Å²) in [5.41, 5.74) is 1.87. The predicted octanol–water partition coefficient (Wildman–Crippen LogP) is 0.199. The monoisotopic (exact) mass is 399 g/mol. The predicted molar refractivity (Wildman–Crippen MR) is 91.4 cm³/mol. The smallest absolute Gasteiger partial charge is 0.306 e. The fourth-order valence-electron chi connectivity index (χ4n) is 3.11. The fraction of sp³-hybridized carbons (Fsp3) is 0.632. The van der Waals surface area contributed by atoms with E-state index in [0.29, 0.717) is 12.2 Å². The highest BCUT2D eigenvalue weighted by molar-refractivity contribution is 5.69. The highest BCUT2D eigenvalue weighted by atomic mass is 79.9. The van der Waals surface area contributed by atoms with Crippen molar-refractivity contribution < 1.29 is 36.1 Å². The number of esters is 1. The average molecular weight is 400 g/mol. The quantitative estimate of drug-likeness (QED) is 0.422. The largest absolute Gasteiger partial charge is 1.00 e. The normalized spacial score (nSPS) is 17.1. The van der Waals surface area contributed by atoms with E-state index in [-0.39, 0.29) is 29.1 Å². The molecule has 0 unspecified atom stereocenters. The number of quaternary nitrogens is 1. The lowest BCUT2D eigenvalue weighted by molar-refractivity contribution is -0.896. The Morgan fingerprint density at radius 2 is 1.92 bits per heavy atom. The van der Waals surface area contributed by atoms with Crippen LogP contribution >= 0.6 is 0 Å². The number of carbonyl (C=O) groups is 1. The van der Waals surface area contributed by atoms with Crippen molar-refractivity contribution in [2.75, 3.05) is 27.2 Å². The molecule has 1 aliphatic rings. The first-order valence-corrected chi connectivity index (χ1v) is 8.66. The number of carbonyl (C=O) groups excluding carboxylic acids is 1. The Bertz CT molecular complexity index is 535. The number of benzene rings is 1. The van der Waals surface area contributed by atoms with Gasteiger partial charge in [-0.15, -0.1) is 0 Å². The zero-order valence-corrected chi connectivity index (χ0v) is 16.6. The second-order valence-electron chi connectivity index (χ2n) is 7.36. The van der Waals surface area contributed by atoms with E-state index < -0.39 is 0 Å². The van der Waals surface area contributed by atoms with Crippen LogP contribution in [0.1, 0.15) is 43.2 Å². The molecule has 0 atom stereocenters. The van der Waals surface area contributed by atoms with Crippen LogP contribution in [0.15, 0.2) is 18.2 Å². The molecule has 1 aromatic carbocycles. The molecule has 5 heteroatoms. The first-order chi connectivity index (χ1) is 10.9. The van der Waals surface area contributed by atoms with E-state index in [1.807, 2.05) is 25.1 Å². The number of phenols is 1. The summed E-state index contributed by atoms with van der Waals surface area (Å²) in [6.45, 7) is 4.05. The number of aryl methyl sites for hydroxylation is 2. The highest BCUT2D eigenvalue weighted by Gasteiger charge is 2.28. The number of halogens is 1. The van der Waals surface area contributed by atoms with Crippen molar-refractivity contribution in [1.82, 2.24) is 0 Å². The van der Waals surface area contributed by atoms with E-state index in [1.165, 1.54) is 0 Å². The van der Waals surface area contributed by atoms with E-state index in [0.717, 1.165) is 60.8 Å². The molecule has 0 radical (unpaired) electrons. The zero-order valence-electron chi connectivity index (χ0n) is 15.1. The van der Waals surface area contributed by atoms with E-state index >= 15 is 0 Å². The van der Waals surface area contributed by atoms with E-state index in [4.69, 9.17) is 4.74 Å². The van der Waals surface area contributed by atoms with E-state index in [9.17, 15) is 9.90 Å². The molecule has 24 heavy (non-hydrogen) atoms. The number of hydrogen-bond donors (Lipinski definition) is 1. The lowest BCUT2D eigenvalue weighted by Crippen LogP contribution is -3.00.